The van der Waals surface area contributed by atoms with Crippen LogP contribution in [0.1, 0.15) is 25.7 Å². The highest BCUT2D eigenvalue weighted by Crippen LogP contribution is 2.30. The second kappa shape index (κ2) is 7.51. The predicted octanol–water partition coefficient (Wildman–Crippen LogP) is 6.17. The smallest absolute Gasteiger partial charge is 0.127 e. The van der Waals surface area contributed by atoms with Crippen molar-refractivity contribution in [2.24, 2.45) is 0 Å². The molecule has 0 radical (unpaired) electrons. The first kappa shape index (κ1) is 15.2. The van der Waals surface area contributed by atoms with Gasteiger partial charge in [0.2, 0.25) is 0 Å². The minimum absolute atomic E-state index is 0.761. The standard InChI is InChI=1S/C20H21ClO/c21-12-5-1-2-6-13-22-20-11-7-10-18-14-16-8-3-4-9-17(16)15-19(18)20/h3-4,7-11,14-15H,1-2,5-6,12-13H2. The van der Waals surface area contributed by atoms with E-state index in [0.29, 0.717) is 0 Å². The summed E-state index contributed by atoms with van der Waals surface area (Å²) in [6.45, 7) is 0.772. The fourth-order valence-corrected chi connectivity index (χ4v) is 2.99. The molecule has 3 rings (SSSR count). The number of ether oxygens (including phenoxy) is 1. The van der Waals surface area contributed by atoms with Gasteiger partial charge in [0.1, 0.15) is 5.75 Å². The van der Waals surface area contributed by atoms with Crippen molar-refractivity contribution >= 4 is 33.1 Å². The Labute approximate surface area is 136 Å². The number of unbranched alkanes of at least 4 members (excludes halogenated alkanes) is 3. The van der Waals surface area contributed by atoms with Crippen LogP contribution in [-0.4, -0.2) is 12.5 Å². The molecule has 0 saturated heterocycles. The zero-order valence-electron chi connectivity index (χ0n) is 12.7. The Morgan fingerprint density at radius 1 is 0.727 bits per heavy atom. The van der Waals surface area contributed by atoms with E-state index in [1.165, 1.54) is 34.4 Å². The van der Waals surface area contributed by atoms with Gasteiger partial charge in [-0.2, -0.15) is 0 Å². The Morgan fingerprint density at radius 3 is 2.27 bits per heavy atom. The summed E-state index contributed by atoms with van der Waals surface area (Å²) < 4.78 is 6.02. The molecule has 0 heterocycles. The van der Waals surface area contributed by atoms with Gasteiger partial charge in [-0.05, 0) is 47.2 Å². The highest BCUT2D eigenvalue weighted by atomic mass is 35.5. The van der Waals surface area contributed by atoms with E-state index in [9.17, 15) is 0 Å². The lowest BCUT2D eigenvalue weighted by Crippen LogP contribution is -1.98. The lowest BCUT2D eigenvalue weighted by atomic mass is 10.0. The van der Waals surface area contributed by atoms with Crippen LogP contribution < -0.4 is 4.74 Å². The molecular weight excluding hydrogens is 292 g/mol. The van der Waals surface area contributed by atoms with Gasteiger partial charge in [-0.15, -0.1) is 11.6 Å². The molecule has 0 aliphatic rings. The van der Waals surface area contributed by atoms with Crippen LogP contribution in [0, 0.1) is 0 Å². The molecular formula is C20H21ClO. The van der Waals surface area contributed by atoms with E-state index < -0.39 is 0 Å². The molecule has 22 heavy (non-hydrogen) atoms. The Balaban J connectivity index is 1.76. The first-order valence-corrected chi connectivity index (χ1v) is 8.52. The molecule has 0 aliphatic heterocycles. The van der Waals surface area contributed by atoms with Crippen LogP contribution in [0.25, 0.3) is 21.5 Å². The zero-order valence-corrected chi connectivity index (χ0v) is 13.5. The van der Waals surface area contributed by atoms with Gasteiger partial charge in [0, 0.05) is 11.3 Å². The summed E-state index contributed by atoms with van der Waals surface area (Å²) in [6, 6.07) is 19.2. The molecule has 0 spiro atoms. The molecule has 3 aromatic carbocycles. The first-order valence-electron chi connectivity index (χ1n) is 7.99. The van der Waals surface area contributed by atoms with Gasteiger partial charge < -0.3 is 4.74 Å². The van der Waals surface area contributed by atoms with Crippen LogP contribution in [-0.2, 0) is 0 Å². The number of hydrogen-bond acceptors (Lipinski definition) is 1. The molecule has 0 N–H and O–H groups in total. The van der Waals surface area contributed by atoms with E-state index in [0.717, 1.165) is 31.1 Å². The molecule has 0 bridgehead atoms. The Bertz CT molecular complexity index is 751. The molecule has 0 atom stereocenters. The fraction of sp³-hybridized carbons (Fsp3) is 0.300. The topological polar surface area (TPSA) is 9.23 Å². The second-order valence-corrected chi connectivity index (χ2v) is 6.01. The second-order valence-electron chi connectivity index (χ2n) is 5.63. The largest absolute Gasteiger partial charge is 0.493 e. The Hall–Kier alpha value is -1.73. The van der Waals surface area contributed by atoms with Gasteiger partial charge >= 0.3 is 0 Å². The maximum atomic E-state index is 6.02. The lowest BCUT2D eigenvalue weighted by Gasteiger charge is -2.10. The number of benzene rings is 3. The number of rotatable bonds is 7. The van der Waals surface area contributed by atoms with Crippen LogP contribution in [0.3, 0.4) is 0 Å². The van der Waals surface area contributed by atoms with Gasteiger partial charge in [0.05, 0.1) is 6.61 Å². The van der Waals surface area contributed by atoms with Crippen molar-refractivity contribution in [2.45, 2.75) is 25.7 Å². The van der Waals surface area contributed by atoms with Crippen molar-refractivity contribution in [1.82, 2.24) is 0 Å². The molecule has 2 heteroatoms. The van der Waals surface area contributed by atoms with Crippen LogP contribution >= 0.6 is 11.6 Å². The number of fused-ring (bicyclic) bond motifs is 2. The molecule has 0 aliphatic carbocycles. The summed E-state index contributed by atoms with van der Waals surface area (Å²) >= 11 is 5.69. The molecule has 3 aromatic rings. The Kier molecular flexibility index (Phi) is 5.18. The third-order valence-electron chi connectivity index (χ3n) is 3.99. The minimum atomic E-state index is 0.761. The summed E-state index contributed by atoms with van der Waals surface area (Å²) in [4.78, 5) is 0. The summed E-state index contributed by atoms with van der Waals surface area (Å²) in [6.07, 6.45) is 4.55. The van der Waals surface area contributed by atoms with Gasteiger partial charge in [0.15, 0.2) is 0 Å². The summed E-state index contributed by atoms with van der Waals surface area (Å²) in [5.41, 5.74) is 0. The third kappa shape index (κ3) is 3.53. The highest BCUT2D eigenvalue weighted by Gasteiger charge is 2.04. The molecule has 1 nitrogen and oxygen atoms in total. The van der Waals surface area contributed by atoms with E-state index in [1.54, 1.807) is 0 Å². The maximum Gasteiger partial charge on any atom is 0.127 e. The molecule has 0 aromatic heterocycles. The van der Waals surface area contributed by atoms with Crippen LogP contribution in [0.2, 0.25) is 0 Å². The first-order chi connectivity index (χ1) is 10.9. The number of hydrogen-bond donors (Lipinski definition) is 0. The van der Waals surface area contributed by atoms with Crippen molar-refractivity contribution in [3.63, 3.8) is 0 Å². The van der Waals surface area contributed by atoms with Gasteiger partial charge in [0.25, 0.3) is 0 Å². The molecule has 0 amide bonds. The highest BCUT2D eigenvalue weighted by molar-refractivity contribution is 6.17. The monoisotopic (exact) mass is 312 g/mol. The quantitative estimate of drug-likeness (QED) is 0.288. The number of halogens is 1. The average Bonchev–Trinajstić information content (AvgIpc) is 2.56. The van der Waals surface area contributed by atoms with E-state index in [2.05, 4.69) is 54.6 Å². The molecule has 0 saturated carbocycles. The Morgan fingerprint density at radius 2 is 1.45 bits per heavy atom. The van der Waals surface area contributed by atoms with E-state index >= 15 is 0 Å². The van der Waals surface area contributed by atoms with Crippen molar-refractivity contribution in [1.29, 1.82) is 0 Å². The molecule has 114 valence electrons. The third-order valence-corrected chi connectivity index (χ3v) is 4.26. The fourth-order valence-electron chi connectivity index (χ4n) is 2.80. The van der Waals surface area contributed by atoms with E-state index in [4.69, 9.17) is 16.3 Å². The van der Waals surface area contributed by atoms with Gasteiger partial charge in [-0.3, -0.25) is 0 Å². The molecule has 0 fully saturated rings. The normalized spacial score (nSPS) is 11.1. The van der Waals surface area contributed by atoms with Crippen LogP contribution in [0.5, 0.6) is 5.75 Å². The predicted molar refractivity (Wildman–Crippen MR) is 96.1 cm³/mol. The summed E-state index contributed by atoms with van der Waals surface area (Å²) in [7, 11) is 0. The van der Waals surface area contributed by atoms with Crippen molar-refractivity contribution < 1.29 is 4.74 Å². The van der Waals surface area contributed by atoms with E-state index in [1.807, 2.05) is 0 Å². The van der Waals surface area contributed by atoms with E-state index in [-0.39, 0.29) is 0 Å². The van der Waals surface area contributed by atoms with Crippen molar-refractivity contribution in [3.8, 4) is 5.75 Å². The number of alkyl halides is 1. The summed E-state index contributed by atoms with van der Waals surface area (Å²) in [5, 5.41) is 4.96. The average molecular weight is 313 g/mol. The van der Waals surface area contributed by atoms with Gasteiger partial charge in [-0.1, -0.05) is 49.2 Å². The minimum Gasteiger partial charge on any atom is -0.493 e. The maximum absolute atomic E-state index is 6.02. The summed E-state index contributed by atoms with van der Waals surface area (Å²) in [5.74, 6) is 1.75. The molecule has 0 unspecified atom stereocenters. The van der Waals surface area contributed by atoms with Crippen molar-refractivity contribution in [2.75, 3.05) is 12.5 Å². The van der Waals surface area contributed by atoms with Crippen LogP contribution in [0.15, 0.2) is 54.6 Å². The van der Waals surface area contributed by atoms with Gasteiger partial charge in [-0.25, -0.2) is 0 Å². The SMILES string of the molecule is ClCCCCCCOc1cccc2cc3ccccc3cc12. The van der Waals surface area contributed by atoms with Crippen LogP contribution in [0.4, 0.5) is 0 Å². The lowest BCUT2D eigenvalue weighted by molar-refractivity contribution is 0.308. The van der Waals surface area contributed by atoms with Crippen molar-refractivity contribution in [3.05, 3.63) is 54.6 Å². The zero-order chi connectivity index (χ0) is 15.2.